The molecule has 0 radical (unpaired) electrons. The van der Waals surface area contributed by atoms with Crippen LogP contribution in [0.15, 0.2) is 6.20 Å². The van der Waals surface area contributed by atoms with Crippen LogP contribution in [-0.4, -0.2) is 16.7 Å². The van der Waals surface area contributed by atoms with Crippen molar-refractivity contribution in [2.75, 3.05) is 0 Å². The van der Waals surface area contributed by atoms with Gasteiger partial charge in [-0.25, -0.2) is 9.78 Å². The summed E-state index contributed by atoms with van der Waals surface area (Å²) < 4.78 is 5.10. The molecule has 0 saturated heterocycles. The highest BCUT2D eigenvalue weighted by Crippen LogP contribution is 2.11. The minimum Gasteiger partial charge on any atom is -0.444 e. The number of amides is 1. The highest BCUT2D eigenvalue weighted by Gasteiger charge is 2.15. The van der Waals surface area contributed by atoms with Gasteiger partial charge in [0.25, 0.3) is 0 Å². The number of aromatic nitrogens is 1. The zero-order valence-corrected chi connectivity index (χ0v) is 10.3. The molecule has 1 amide bonds. The van der Waals surface area contributed by atoms with Gasteiger partial charge in [0.2, 0.25) is 0 Å². The third-order valence-electron chi connectivity index (χ3n) is 1.47. The van der Waals surface area contributed by atoms with Gasteiger partial charge in [-0.05, 0) is 27.7 Å². The smallest absolute Gasteiger partial charge is 0.407 e. The van der Waals surface area contributed by atoms with E-state index in [1.165, 1.54) is 0 Å². The minimum atomic E-state index is -0.451. The van der Waals surface area contributed by atoms with Crippen LogP contribution in [0.2, 0.25) is 0 Å². The lowest BCUT2D eigenvalue weighted by Crippen LogP contribution is -2.31. The van der Waals surface area contributed by atoms with Crippen LogP contribution in [0.25, 0.3) is 0 Å². The van der Waals surface area contributed by atoms with Gasteiger partial charge >= 0.3 is 6.09 Å². The summed E-state index contributed by atoms with van der Waals surface area (Å²) in [4.78, 5) is 16.4. The summed E-state index contributed by atoms with van der Waals surface area (Å²) >= 11 is 1.57. The van der Waals surface area contributed by atoms with E-state index in [-0.39, 0.29) is 0 Å². The molecule has 1 heterocycles. The van der Waals surface area contributed by atoms with Crippen molar-refractivity contribution in [3.8, 4) is 0 Å². The number of carbonyl (C=O) groups excluding carboxylic acids is 1. The third-order valence-corrected chi connectivity index (χ3v) is 2.39. The van der Waals surface area contributed by atoms with Gasteiger partial charge in [0.15, 0.2) is 0 Å². The van der Waals surface area contributed by atoms with Gasteiger partial charge in [-0.15, -0.1) is 11.3 Å². The number of rotatable bonds is 2. The number of nitrogens with one attached hydrogen (secondary N) is 1. The number of aryl methyl sites for hydroxylation is 1. The molecule has 1 aromatic heterocycles. The summed E-state index contributed by atoms with van der Waals surface area (Å²) in [6, 6.07) is 0. The maximum Gasteiger partial charge on any atom is 0.407 e. The number of ether oxygens (including phenoxy) is 1. The van der Waals surface area contributed by atoms with Crippen LogP contribution in [0.4, 0.5) is 4.79 Å². The second kappa shape index (κ2) is 4.61. The molecule has 1 N–H and O–H groups in total. The van der Waals surface area contributed by atoms with E-state index in [0.29, 0.717) is 6.54 Å². The minimum absolute atomic E-state index is 0.395. The zero-order valence-electron chi connectivity index (χ0n) is 9.46. The fraction of sp³-hybridized carbons (Fsp3) is 0.600. The van der Waals surface area contributed by atoms with Crippen molar-refractivity contribution in [1.82, 2.24) is 10.3 Å². The summed E-state index contributed by atoms with van der Waals surface area (Å²) in [6.07, 6.45) is 1.37. The van der Waals surface area contributed by atoms with Crippen LogP contribution >= 0.6 is 11.3 Å². The van der Waals surface area contributed by atoms with Gasteiger partial charge in [0.05, 0.1) is 11.6 Å². The van der Waals surface area contributed by atoms with Gasteiger partial charge in [0.1, 0.15) is 5.60 Å². The Hall–Kier alpha value is -1.10. The number of hydrogen-bond acceptors (Lipinski definition) is 4. The predicted molar refractivity (Wildman–Crippen MR) is 59.9 cm³/mol. The van der Waals surface area contributed by atoms with E-state index >= 15 is 0 Å². The molecule has 0 aliphatic heterocycles. The monoisotopic (exact) mass is 228 g/mol. The van der Waals surface area contributed by atoms with Crippen LogP contribution in [0, 0.1) is 6.92 Å². The molecular weight excluding hydrogens is 212 g/mol. The molecule has 15 heavy (non-hydrogen) atoms. The van der Waals surface area contributed by atoms with Crippen LogP contribution in [0.1, 0.15) is 30.7 Å². The maximum absolute atomic E-state index is 11.3. The van der Waals surface area contributed by atoms with E-state index < -0.39 is 11.7 Å². The second-order valence-electron chi connectivity index (χ2n) is 4.20. The van der Waals surface area contributed by atoms with Gasteiger partial charge < -0.3 is 10.1 Å². The van der Waals surface area contributed by atoms with E-state index in [0.717, 1.165) is 9.88 Å². The lowest BCUT2D eigenvalue weighted by molar-refractivity contribution is 0.0524. The van der Waals surface area contributed by atoms with Crippen molar-refractivity contribution in [2.24, 2.45) is 0 Å². The van der Waals surface area contributed by atoms with Gasteiger partial charge in [-0.3, -0.25) is 0 Å². The Balaban J connectivity index is 2.35. The zero-order chi connectivity index (χ0) is 11.5. The Morgan fingerprint density at radius 1 is 1.60 bits per heavy atom. The van der Waals surface area contributed by atoms with Crippen molar-refractivity contribution >= 4 is 17.4 Å². The summed E-state index contributed by atoms with van der Waals surface area (Å²) in [5, 5.41) is 3.67. The molecule has 5 heteroatoms. The summed E-state index contributed by atoms with van der Waals surface area (Å²) in [5.74, 6) is 0. The van der Waals surface area contributed by atoms with Crippen LogP contribution in [0.3, 0.4) is 0 Å². The molecule has 1 aromatic rings. The van der Waals surface area contributed by atoms with Crippen molar-refractivity contribution in [3.63, 3.8) is 0 Å². The molecule has 0 saturated carbocycles. The molecule has 4 nitrogen and oxygen atoms in total. The Morgan fingerprint density at radius 2 is 2.27 bits per heavy atom. The first-order valence-electron chi connectivity index (χ1n) is 4.75. The Morgan fingerprint density at radius 3 is 2.73 bits per heavy atom. The molecule has 0 bridgehead atoms. The van der Waals surface area contributed by atoms with E-state index in [4.69, 9.17) is 4.74 Å². The average Bonchev–Trinajstić information content (AvgIpc) is 2.45. The molecule has 0 aromatic carbocycles. The van der Waals surface area contributed by atoms with Gasteiger partial charge in [-0.1, -0.05) is 0 Å². The number of hydrogen-bond donors (Lipinski definition) is 1. The Bertz CT molecular complexity index is 341. The van der Waals surface area contributed by atoms with E-state index in [2.05, 4.69) is 10.3 Å². The normalized spacial score (nSPS) is 11.2. The average molecular weight is 228 g/mol. The summed E-state index contributed by atoms with van der Waals surface area (Å²) in [5.41, 5.74) is -0.451. The molecule has 0 atom stereocenters. The highest BCUT2D eigenvalue weighted by atomic mass is 32.1. The van der Waals surface area contributed by atoms with E-state index in [1.54, 1.807) is 17.5 Å². The lowest BCUT2D eigenvalue weighted by atomic mass is 10.2. The molecule has 0 spiro atoms. The van der Waals surface area contributed by atoms with E-state index in [1.807, 2.05) is 27.7 Å². The highest BCUT2D eigenvalue weighted by molar-refractivity contribution is 7.11. The Labute approximate surface area is 93.7 Å². The molecule has 0 unspecified atom stereocenters. The van der Waals surface area contributed by atoms with Crippen LogP contribution in [-0.2, 0) is 11.3 Å². The molecule has 0 fully saturated rings. The van der Waals surface area contributed by atoms with Gasteiger partial charge in [0, 0.05) is 11.1 Å². The number of thiazole rings is 1. The first-order chi connectivity index (χ1) is 6.87. The fourth-order valence-corrected chi connectivity index (χ4v) is 1.70. The molecule has 0 aliphatic carbocycles. The largest absolute Gasteiger partial charge is 0.444 e. The number of alkyl carbamates (subject to hydrolysis) is 1. The quantitative estimate of drug-likeness (QED) is 0.846. The second-order valence-corrected chi connectivity index (χ2v) is 5.52. The standard InChI is InChI=1S/C10H16N2O2S/c1-7-11-5-8(15-7)6-12-9(13)14-10(2,3)4/h5H,6H2,1-4H3,(H,12,13). The SMILES string of the molecule is Cc1ncc(CNC(=O)OC(C)(C)C)s1. The molecule has 84 valence electrons. The predicted octanol–water partition coefficient (Wildman–Crippen LogP) is 2.48. The first kappa shape index (κ1) is 12.0. The summed E-state index contributed by atoms with van der Waals surface area (Å²) in [7, 11) is 0. The van der Waals surface area contributed by atoms with E-state index in [9.17, 15) is 4.79 Å². The Kier molecular flexibility index (Phi) is 3.68. The van der Waals surface area contributed by atoms with Gasteiger partial charge in [-0.2, -0.15) is 0 Å². The molecule has 1 rings (SSSR count). The van der Waals surface area contributed by atoms with Crippen LogP contribution < -0.4 is 5.32 Å². The van der Waals surface area contributed by atoms with Crippen molar-refractivity contribution in [2.45, 2.75) is 39.8 Å². The maximum atomic E-state index is 11.3. The van der Waals surface area contributed by atoms with Crippen molar-refractivity contribution in [1.29, 1.82) is 0 Å². The number of carbonyl (C=O) groups is 1. The first-order valence-corrected chi connectivity index (χ1v) is 5.56. The number of nitrogens with zero attached hydrogens (tertiary/aromatic N) is 1. The topological polar surface area (TPSA) is 51.2 Å². The summed E-state index contributed by atoms with van der Waals surface area (Å²) in [6.45, 7) is 7.92. The molecule has 0 aliphatic rings. The van der Waals surface area contributed by atoms with Crippen molar-refractivity contribution in [3.05, 3.63) is 16.1 Å². The fourth-order valence-electron chi connectivity index (χ4n) is 0.961. The lowest BCUT2D eigenvalue weighted by Gasteiger charge is -2.19. The van der Waals surface area contributed by atoms with Crippen molar-refractivity contribution < 1.29 is 9.53 Å². The molecular formula is C10H16N2O2S. The van der Waals surface area contributed by atoms with Crippen LogP contribution in [0.5, 0.6) is 0 Å². The third kappa shape index (κ3) is 4.78.